The second kappa shape index (κ2) is 6.55. The van der Waals surface area contributed by atoms with Crippen LogP contribution in [0, 0.1) is 0 Å². The second-order valence-electron chi connectivity index (χ2n) is 5.53. The first-order valence-electron chi connectivity index (χ1n) is 7.54. The molecule has 5 nitrogen and oxygen atoms in total. The summed E-state index contributed by atoms with van der Waals surface area (Å²) < 4.78 is 43.5. The van der Waals surface area contributed by atoms with E-state index in [1.54, 1.807) is 37.4 Å². The van der Waals surface area contributed by atoms with E-state index in [0.717, 1.165) is 0 Å². The van der Waals surface area contributed by atoms with Gasteiger partial charge in [0.1, 0.15) is 5.75 Å². The SMILES string of the molecule is Cn1nc(C(N)=O)cc1-c1cccc(-c2ccccc2OC(F)(F)F)c1. The molecule has 3 rings (SSSR count). The highest BCUT2D eigenvalue weighted by atomic mass is 19.4. The van der Waals surface area contributed by atoms with Gasteiger partial charge in [0.2, 0.25) is 0 Å². The molecule has 1 aromatic heterocycles. The predicted octanol–water partition coefficient (Wildman–Crippen LogP) is 3.75. The number of nitrogens with zero attached hydrogens (tertiary/aromatic N) is 2. The number of para-hydroxylation sites is 1. The van der Waals surface area contributed by atoms with Crippen molar-refractivity contribution in [2.24, 2.45) is 12.8 Å². The Balaban J connectivity index is 2.05. The van der Waals surface area contributed by atoms with Crippen molar-refractivity contribution in [2.45, 2.75) is 6.36 Å². The van der Waals surface area contributed by atoms with Crippen LogP contribution in [0.15, 0.2) is 54.6 Å². The summed E-state index contributed by atoms with van der Waals surface area (Å²) >= 11 is 0. The van der Waals surface area contributed by atoms with E-state index in [4.69, 9.17) is 5.73 Å². The third kappa shape index (κ3) is 3.69. The maximum Gasteiger partial charge on any atom is 0.573 e. The lowest BCUT2D eigenvalue weighted by molar-refractivity contribution is -0.274. The Morgan fingerprint density at radius 1 is 1.08 bits per heavy atom. The number of aromatic nitrogens is 2. The predicted molar refractivity (Wildman–Crippen MR) is 89.3 cm³/mol. The fourth-order valence-electron chi connectivity index (χ4n) is 2.62. The molecule has 2 aromatic carbocycles. The molecule has 0 unspecified atom stereocenters. The van der Waals surface area contributed by atoms with Gasteiger partial charge in [-0.25, -0.2) is 0 Å². The molecule has 0 saturated carbocycles. The molecule has 0 saturated heterocycles. The Morgan fingerprint density at radius 3 is 2.42 bits per heavy atom. The van der Waals surface area contributed by atoms with Crippen LogP contribution in [-0.4, -0.2) is 22.1 Å². The van der Waals surface area contributed by atoms with E-state index in [9.17, 15) is 18.0 Å². The third-order valence-electron chi connectivity index (χ3n) is 3.71. The third-order valence-corrected chi connectivity index (χ3v) is 3.71. The van der Waals surface area contributed by atoms with Crippen molar-refractivity contribution in [3.63, 3.8) is 0 Å². The highest BCUT2D eigenvalue weighted by Crippen LogP contribution is 2.35. The lowest BCUT2D eigenvalue weighted by Crippen LogP contribution is -2.17. The van der Waals surface area contributed by atoms with Crippen molar-refractivity contribution >= 4 is 5.91 Å². The van der Waals surface area contributed by atoms with Crippen LogP contribution < -0.4 is 10.5 Å². The van der Waals surface area contributed by atoms with Gasteiger partial charge < -0.3 is 10.5 Å². The van der Waals surface area contributed by atoms with E-state index in [-0.39, 0.29) is 11.4 Å². The summed E-state index contributed by atoms with van der Waals surface area (Å²) in [5, 5.41) is 4.02. The van der Waals surface area contributed by atoms with Crippen molar-refractivity contribution < 1.29 is 22.7 Å². The summed E-state index contributed by atoms with van der Waals surface area (Å²) in [6.07, 6.45) is -4.79. The van der Waals surface area contributed by atoms with Crippen molar-refractivity contribution in [2.75, 3.05) is 0 Å². The first kappa shape index (κ1) is 17.5. The number of hydrogen-bond donors (Lipinski definition) is 1. The van der Waals surface area contributed by atoms with Crippen LogP contribution in [0.4, 0.5) is 13.2 Å². The number of hydrogen-bond acceptors (Lipinski definition) is 3. The zero-order valence-electron chi connectivity index (χ0n) is 13.6. The van der Waals surface area contributed by atoms with E-state index >= 15 is 0 Å². The molecular weight excluding hydrogens is 347 g/mol. The minimum atomic E-state index is -4.79. The number of nitrogens with two attached hydrogens (primary N) is 1. The molecule has 134 valence electrons. The first-order chi connectivity index (χ1) is 12.2. The van der Waals surface area contributed by atoms with Gasteiger partial charge in [-0.1, -0.05) is 36.4 Å². The number of benzene rings is 2. The Morgan fingerprint density at radius 2 is 1.77 bits per heavy atom. The quantitative estimate of drug-likeness (QED) is 0.769. The molecule has 3 aromatic rings. The zero-order chi connectivity index (χ0) is 18.9. The van der Waals surface area contributed by atoms with Gasteiger partial charge in [-0.3, -0.25) is 9.48 Å². The van der Waals surface area contributed by atoms with Crippen molar-refractivity contribution in [1.29, 1.82) is 0 Å². The van der Waals surface area contributed by atoms with Gasteiger partial charge in [-0.05, 0) is 23.8 Å². The molecule has 0 bridgehead atoms. The minimum Gasteiger partial charge on any atom is -0.405 e. The number of rotatable bonds is 4. The molecular formula is C18H14F3N3O2. The number of carbonyl (C=O) groups excluding carboxylic acids is 1. The van der Waals surface area contributed by atoms with Gasteiger partial charge in [0, 0.05) is 18.2 Å². The van der Waals surface area contributed by atoms with Crippen LogP contribution in [0.5, 0.6) is 5.75 Å². The number of primary amides is 1. The molecule has 1 heterocycles. The van der Waals surface area contributed by atoms with E-state index in [2.05, 4.69) is 9.84 Å². The first-order valence-corrected chi connectivity index (χ1v) is 7.54. The largest absolute Gasteiger partial charge is 0.573 e. The van der Waals surface area contributed by atoms with Gasteiger partial charge >= 0.3 is 6.36 Å². The summed E-state index contributed by atoms with van der Waals surface area (Å²) in [7, 11) is 1.65. The molecule has 2 N–H and O–H groups in total. The number of carbonyl (C=O) groups is 1. The van der Waals surface area contributed by atoms with Crippen LogP contribution in [0.1, 0.15) is 10.5 Å². The molecule has 0 atom stereocenters. The summed E-state index contributed by atoms with van der Waals surface area (Å²) in [5.41, 5.74) is 7.45. The van der Waals surface area contributed by atoms with Crippen LogP contribution in [0.2, 0.25) is 0 Å². The molecule has 1 amide bonds. The Labute approximate surface area is 146 Å². The van der Waals surface area contributed by atoms with E-state index < -0.39 is 12.3 Å². The van der Waals surface area contributed by atoms with Gasteiger partial charge in [0.15, 0.2) is 5.69 Å². The Bertz CT molecular complexity index is 964. The van der Waals surface area contributed by atoms with Crippen LogP contribution in [0.25, 0.3) is 22.4 Å². The molecule has 26 heavy (non-hydrogen) atoms. The maximum atomic E-state index is 12.6. The standard InChI is InChI=1S/C18H14F3N3O2/c1-24-15(10-14(23-24)17(22)25)12-6-4-5-11(9-12)13-7-2-3-8-16(13)26-18(19,20)21/h2-10H,1H3,(H2,22,25). The monoisotopic (exact) mass is 361 g/mol. The van der Waals surface area contributed by atoms with E-state index in [1.165, 1.54) is 28.9 Å². The fraction of sp³-hybridized carbons (Fsp3) is 0.111. The Hall–Kier alpha value is -3.29. The number of alkyl halides is 3. The molecule has 8 heteroatoms. The van der Waals surface area contributed by atoms with Crippen molar-refractivity contribution in [1.82, 2.24) is 9.78 Å². The molecule has 0 fully saturated rings. The molecule has 0 aliphatic heterocycles. The van der Waals surface area contributed by atoms with Crippen LogP contribution >= 0.6 is 0 Å². The van der Waals surface area contributed by atoms with Crippen LogP contribution in [0.3, 0.4) is 0 Å². The molecule has 0 spiro atoms. The van der Waals surface area contributed by atoms with Gasteiger partial charge in [-0.2, -0.15) is 5.10 Å². The van der Waals surface area contributed by atoms with Gasteiger partial charge in [0.25, 0.3) is 5.91 Å². The Kier molecular flexibility index (Phi) is 4.41. The molecule has 0 radical (unpaired) electrons. The maximum absolute atomic E-state index is 12.6. The number of ether oxygens (including phenoxy) is 1. The van der Waals surface area contributed by atoms with Crippen LogP contribution in [-0.2, 0) is 7.05 Å². The normalized spacial score (nSPS) is 11.4. The topological polar surface area (TPSA) is 70.1 Å². The lowest BCUT2D eigenvalue weighted by atomic mass is 10.0. The number of aryl methyl sites for hydroxylation is 1. The molecule has 0 aliphatic rings. The average Bonchev–Trinajstić information content (AvgIpc) is 2.96. The lowest BCUT2D eigenvalue weighted by Gasteiger charge is -2.14. The summed E-state index contributed by atoms with van der Waals surface area (Å²) in [6, 6.07) is 14.2. The summed E-state index contributed by atoms with van der Waals surface area (Å²) in [4.78, 5) is 11.3. The van der Waals surface area contributed by atoms with Gasteiger partial charge in [0.05, 0.1) is 5.69 Å². The van der Waals surface area contributed by atoms with Gasteiger partial charge in [-0.15, -0.1) is 13.2 Å². The second-order valence-corrected chi connectivity index (χ2v) is 5.53. The van der Waals surface area contributed by atoms with E-state index in [1.807, 2.05) is 0 Å². The highest BCUT2D eigenvalue weighted by molar-refractivity contribution is 5.92. The average molecular weight is 361 g/mol. The minimum absolute atomic E-state index is 0.105. The van der Waals surface area contributed by atoms with Crippen molar-refractivity contribution in [3.05, 3.63) is 60.3 Å². The van der Waals surface area contributed by atoms with E-state index in [0.29, 0.717) is 22.4 Å². The summed E-state index contributed by atoms with van der Waals surface area (Å²) in [6.45, 7) is 0. The highest BCUT2D eigenvalue weighted by Gasteiger charge is 2.32. The smallest absolute Gasteiger partial charge is 0.405 e. The zero-order valence-corrected chi connectivity index (χ0v) is 13.6. The number of halogens is 3. The number of amides is 1. The summed E-state index contributed by atoms with van der Waals surface area (Å²) in [5.74, 6) is -0.952. The fourth-order valence-corrected chi connectivity index (χ4v) is 2.62. The van der Waals surface area contributed by atoms with Crippen molar-refractivity contribution in [3.8, 4) is 28.1 Å². The molecule has 0 aliphatic carbocycles.